The maximum Gasteiger partial charge on any atom is 0.557 e. The number of hydrogen-bond acceptors (Lipinski definition) is 3. The average molecular weight is 321 g/mol. The summed E-state index contributed by atoms with van der Waals surface area (Å²) in [5.74, 6) is 0.467. The topological polar surface area (TPSA) is 66.8 Å². The van der Waals surface area contributed by atoms with Gasteiger partial charge in [-0.1, -0.05) is 6.92 Å². The van der Waals surface area contributed by atoms with Crippen LogP contribution in [-0.4, -0.2) is 58.4 Å². The summed E-state index contributed by atoms with van der Waals surface area (Å²) >= 11 is 0. The molecular weight excluding hydrogens is 298 g/mol. The predicted molar refractivity (Wildman–Crippen MR) is 73.2 cm³/mol. The number of likely N-dealkylation sites (tertiary alicyclic amines) is 2. The number of urea groups is 1. The van der Waals surface area contributed by atoms with E-state index in [1.54, 1.807) is 0 Å². The number of quaternary nitrogens is 1. The van der Waals surface area contributed by atoms with Crippen LogP contribution >= 0.6 is 0 Å². The largest absolute Gasteiger partial charge is 0.557 e. The summed E-state index contributed by atoms with van der Waals surface area (Å²) < 4.78 is 27.2. The molecule has 0 bridgehead atoms. The molecule has 0 saturated carbocycles. The lowest BCUT2D eigenvalue weighted by molar-refractivity contribution is -1.06. The Morgan fingerprint density at radius 3 is 2.45 bits per heavy atom. The molecule has 1 N–H and O–H groups in total. The zero-order valence-electron chi connectivity index (χ0n) is 12.9. The van der Waals surface area contributed by atoms with E-state index in [0.29, 0.717) is 19.0 Å². The van der Waals surface area contributed by atoms with Gasteiger partial charge in [0.25, 0.3) is 6.30 Å². The molecule has 0 aliphatic carbocycles. The van der Waals surface area contributed by atoms with Gasteiger partial charge in [-0.2, -0.15) is 9.18 Å². The summed E-state index contributed by atoms with van der Waals surface area (Å²) in [4.78, 5) is 29.7. The zero-order chi connectivity index (χ0) is 16.5. The van der Waals surface area contributed by atoms with E-state index in [2.05, 4.69) is 11.8 Å². The molecule has 0 aromatic heterocycles. The van der Waals surface area contributed by atoms with Gasteiger partial charge in [-0.15, -0.1) is 0 Å². The van der Waals surface area contributed by atoms with Crippen LogP contribution in [0, 0.1) is 5.92 Å². The molecule has 2 aliphatic heterocycles. The molecule has 3 unspecified atom stereocenters. The van der Waals surface area contributed by atoms with Crippen molar-refractivity contribution in [3.63, 3.8) is 0 Å². The van der Waals surface area contributed by atoms with E-state index in [0.717, 1.165) is 12.8 Å². The Labute approximate surface area is 128 Å². The minimum atomic E-state index is -2.04. The van der Waals surface area contributed by atoms with Crippen LogP contribution in [0.4, 0.5) is 18.4 Å². The van der Waals surface area contributed by atoms with Crippen LogP contribution in [0.15, 0.2) is 0 Å². The van der Waals surface area contributed by atoms with Crippen LogP contribution in [0.2, 0.25) is 0 Å². The van der Waals surface area contributed by atoms with Crippen LogP contribution < -0.4 is 0 Å². The van der Waals surface area contributed by atoms with Crippen LogP contribution in [-0.2, 0) is 4.84 Å². The number of carbonyl (C=O) groups excluding carboxylic acids is 1. The van der Waals surface area contributed by atoms with Gasteiger partial charge < -0.3 is 5.11 Å². The lowest BCUT2D eigenvalue weighted by Crippen LogP contribution is -2.67. The second-order valence-corrected chi connectivity index (χ2v) is 6.63. The van der Waals surface area contributed by atoms with Gasteiger partial charge in [0.15, 0.2) is 0 Å². The standard InChI is InChI=1S/C14H22F2N2O4/c1-10-3-6-17(7-4-10)12(19)18(22-13(20)21)8-5-14(2,16)9-11(18)15/h10-11H,3-9H2,1-2H3/p+1. The van der Waals surface area contributed by atoms with Crippen LogP contribution in [0.3, 0.4) is 0 Å². The third-order valence-electron chi connectivity index (χ3n) is 4.63. The monoisotopic (exact) mass is 321 g/mol. The molecule has 0 aromatic carbocycles. The SMILES string of the molecule is CC1CCN(C(=O)[N+]2(OC(=O)O)CCC(C)(F)CC2F)CC1. The highest BCUT2D eigenvalue weighted by Gasteiger charge is 2.59. The molecular formula is C14H23F2N2O4+. The van der Waals surface area contributed by atoms with Gasteiger partial charge in [0.2, 0.25) is 0 Å². The van der Waals surface area contributed by atoms with Crippen LogP contribution in [0.1, 0.15) is 39.5 Å². The van der Waals surface area contributed by atoms with Crippen molar-refractivity contribution >= 4 is 12.2 Å². The molecule has 8 heteroatoms. The van der Waals surface area contributed by atoms with Crippen molar-refractivity contribution in [2.45, 2.75) is 51.5 Å². The Kier molecular flexibility index (Phi) is 4.60. The minimum absolute atomic E-state index is 0.128. The number of carbonyl (C=O) groups is 2. The van der Waals surface area contributed by atoms with E-state index >= 15 is 0 Å². The van der Waals surface area contributed by atoms with Crippen molar-refractivity contribution in [3.05, 3.63) is 0 Å². The third-order valence-corrected chi connectivity index (χ3v) is 4.63. The number of hydroxylamine groups is 3. The highest BCUT2D eigenvalue weighted by molar-refractivity contribution is 5.68. The smallest absolute Gasteiger partial charge is 0.446 e. The minimum Gasteiger partial charge on any atom is -0.446 e. The van der Waals surface area contributed by atoms with Crippen molar-refractivity contribution in [1.82, 2.24) is 4.90 Å². The first-order chi connectivity index (χ1) is 10.2. The predicted octanol–water partition coefficient (Wildman–Crippen LogP) is 3.08. The summed E-state index contributed by atoms with van der Waals surface area (Å²) in [6.45, 7) is 3.85. The Morgan fingerprint density at radius 2 is 1.95 bits per heavy atom. The van der Waals surface area contributed by atoms with Gasteiger partial charge in [-0.05, 0) is 30.3 Å². The van der Waals surface area contributed by atoms with Crippen molar-refractivity contribution in [2.24, 2.45) is 5.92 Å². The molecule has 6 nitrogen and oxygen atoms in total. The fourth-order valence-electron chi connectivity index (χ4n) is 3.08. The Hall–Kier alpha value is -1.44. The zero-order valence-corrected chi connectivity index (χ0v) is 12.9. The Balaban J connectivity index is 2.22. The van der Waals surface area contributed by atoms with E-state index in [1.165, 1.54) is 11.8 Å². The number of alkyl halides is 2. The maximum absolute atomic E-state index is 14.5. The lowest BCUT2D eigenvalue weighted by atomic mass is 9.94. The number of nitrogens with zero attached hydrogens (tertiary/aromatic N) is 2. The third kappa shape index (κ3) is 3.31. The van der Waals surface area contributed by atoms with Gasteiger partial charge in [-0.25, -0.2) is 14.0 Å². The first kappa shape index (κ1) is 16.9. The quantitative estimate of drug-likeness (QED) is 0.550. The lowest BCUT2D eigenvalue weighted by Gasteiger charge is -2.42. The molecule has 0 radical (unpaired) electrons. The molecule has 3 atom stereocenters. The van der Waals surface area contributed by atoms with Gasteiger partial charge in [0.05, 0.1) is 6.42 Å². The fourth-order valence-corrected chi connectivity index (χ4v) is 3.08. The molecule has 126 valence electrons. The fraction of sp³-hybridized carbons (Fsp3) is 0.857. The molecule has 2 fully saturated rings. The number of carboxylic acid groups (broad SMARTS) is 1. The van der Waals surface area contributed by atoms with Gasteiger partial charge in [-0.3, -0.25) is 4.90 Å². The second-order valence-electron chi connectivity index (χ2n) is 6.63. The van der Waals surface area contributed by atoms with E-state index < -0.39 is 35.2 Å². The maximum atomic E-state index is 14.5. The summed E-state index contributed by atoms with van der Waals surface area (Å²) in [6.07, 6.45) is -2.91. The van der Waals surface area contributed by atoms with E-state index in [-0.39, 0.29) is 13.0 Å². The highest BCUT2D eigenvalue weighted by atomic mass is 19.2. The first-order valence-electron chi connectivity index (χ1n) is 7.59. The summed E-state index contributed by atoms with van der Waals surface area (Å²) in [5.41, 5.74) is -1.76. The number of amides is 2. The normalized spacial score (nSPS) is 36.9. The van der Waals surface area contributed by atoms with Crippen LogP contribution in [0.5, 0.6) is 0 Å². The molecule has 2 amide bonds. The summed E-state index contributed by atoms with van der Waals surface area (Å²) in [7, 11) is 0. The summed E-state index contributed by atoms with van der Waals surface area (Å²) in [6, 6.07) is -0.725. The van der Waals surface area contributed by atoms with Crippen LogP contribution in [0.25, 0.3) is 0 Å². The highest BCUT2D eigenvalue weighted by Crippen LogP contribution is 2.38. The van der Waals surface area contributed by atoms with Crippen molar-refractivity contribution in [2.75, 3.05) is 19.6 Å². The second kappa shape index (κ2) is 5.98. The first-order valence-corrected chi connectivity index (χ1v) is 7.59. The summed E-state index contributed by atoms with van der Waals surface area (Å²) in [5, 5.41) is 8.90. The van der Waals surface area contributed by atoms with Crippen molar-refractivity contribution < 1.29 is 33.0 Å². The van der Waals surface area contributed by atoms with Gasteiger partial charge in [0, 0.05) is 19.5 Å². The molecule has 2 aliphatic rings. The molecule has 2 saturated heterocycles. The molecule has 22 heavy (non-hydrogen) atoms. The van der Waals surface area contributed by atoms with Crippen molar-refractivity contribution in [3.8, 4) is 0 Å². The number of rotatable bonds is 0. The molecule has 2 heterocycles. The van der Waals surface area contributed by atoms with Crippen molar-refractivity contribution in [1.29, 1.82) is 0 Å². The van der Waals surface area contributed by atoms with Gasteiger partial charge >= 0.3 is 12.2 Å². The van der Waals surface area contributed by atoms with E-state index in [4.69, 9.17) is 5.11 Å². The molecule has 0 spiro atoms. The molecule has 2 rings (SSSR count). The Bertz CT molecular complexity index is 452. The van der Waals surface area contributed by atoms with E-state index in [1.807, 2.05) is 0 Å². The number of piperidine rings is 2. The number of halogens is 2. The Morgan fingerprint density at radius 1 is 1.36 bits per heavy atom. The van der Waals surface area contributed by atoms with E-state index in [9.17, 15) is 18.4 Å². The number of hydrogen-bond donors (Lipinski definition) is 1. The van der Waals surface area contributed by atoms with Gasteiger partial charge in [0.1, 0.15) is 12.2 Å². The molecule has 0 aromatic rings. The average Bonchev–Trinajstić information content (AvgIpc) is 2.41.